The van der Waals surface area contributed by atoms with Gasteiger partial charge in [0.15, 0.2) is 11.5 Å². The van der Waals surface area contributed by atoms with Crippen LogP contribution in [0.5, 0.6) is 17.2 Å². The van der Waals surface area contributed by atoms with Crippen LogP contribution in [0.4, 0.5) is 5.69 Å². The molecule has 0 saturated carbocycles. The van der Waals surface area contributed by atoms with E-state index < -0.39 is 0 Å². The summed E-state index contributed by atoms with van der Waals surface area (Å²) in [4.78, 5) is 15.2. The maximum Gasteiger partial charge on any atom is 0.251 e. The summed E-state index contributed by atoms with van der Waals surface area (Å²) in [6, 6.07) is 21.4. The van der Waals surface area contributed by atoms with Crippen molar-refractivity contribution in [1.29, 1.82) is 0 Å². The van der Waals surface area contributed by atoms with Crippen molar-refractivity contribution in [2.45, 2.75) is 13.2 Å². The molecule has 0 unspecified atom stereocenters. The molecule has 1 aliphatic rings. The van der Waals surface area contributed by atoms with Gasteiger partial charge in [-0.2, -0.15) is 0 Å². The summed E-state index contributed by atoms with van der Waals surface area (Å²) in [5.74, 6) is 1.12. The Bertz CT molecular complexity index is 1050. The zero-order chi connectivity index (χ0) is 23.8. The molecule has 1 N–H and O–H groups in total. The SMILES string of the molecule is COc1cc(C(=O)NCc2ccc(N3CCOCC3)cc2)cc(OC)c1OCc1ccccc1. The number of rotatable bonds is 9. The van der Waals surface area contributed by atoms with Crippen molar-refractivity contribution in [3.8, 4) is 17.2 Å². The number of carbonyl (C=O) groups is 1. The summed E-state index contributed by atoms with van der Waals surface area (Å²) >= 11 is 0. The van der Waals surface area contributed by atoms with Crippen LogP contribution in [0.15, 0.2) is 66.7 Å². The van der Waals surface area contributed by atoms with Gasteiger partial charge in [-0.3, -0.25) is 4.79 Å². The topological polar surface area (TPSA) is 69.3 Å². The lowest BCUT2D eigenvalue weighted by atomic mass is 10.1. The van der Waals surface area contributed by atoms with E-state index in [4.69, 9.17) is 18.9 Å². The molecule has 1 fully saturated rings. The number of ether oxygens (including phenoxy) is 4. The average molecular weight is 463 g/mol. The van der Waals surface area contributed by atoms with Crippen LogP contribution < -0.4 is 24.4 Å². The van der Waals surface area contributed by atoms with Crippen molar-refractivity contribution in [3.63, 3.8) is 0 Å². The minimum Gasteiger partial charge on any atom is -0.493 e. The Balaban J connectivity index is 1.41. The van der Waals surface area contributed by atoms with Crippen molar-refractivity contribution in [1.82, 2.24) is 5.32 Å². The highest BCUT2D eigenvalue weighted by molar-refractivity contribution is 5.95. The normalized spacial score (nSPS) is 13.3. The number of anilines is 1. The van der Waals surface area contributed by atoms with Crippen molar-refractivity contribution in [2.75, 3.05) is 45.4 Å². The van der Waals surface area contributed by atoms with Gasteiger partial charge in [0.2, 0.25) is 5.75 Å². The van der Waals surface area contributed by atoms with Crippen molar-refractivity contribution in [3.05, 3.63) is 83.4 Å². The van der Waals surface area contributed by atoms with Crippen LogP contribution >= 0.6 is 0 Å². The largest absolute Gasteiger partial charge is 0.493 e. The quantitative estimate of drug-likeness (QED) is 0.518. The standard InChI is InChI=1S/C27H30N2O5/c1-31-24-16-22(17-25(32-2)26(24)34-19-21-6-4-3-5-7-21)27(30)28-18-20-8-10-23(11-9-20)29-12-14-33-15-13-29/h3-11,16-17H,12-15,18-19H2,1-2H3,(H,28,30). The summed E-state index contributed by atoms with van der Waals surface area (Å²) in [5.41, 5.74) is 3.64. The van der Waals surface area contributed by atoms with Gasteiger partial charge < -0.3 is 29.2 Å². The van der Waals surface area contributed by atoms with E-state index >= 15 is 0 Å². The Morgan fingerprint density at radius 1 is 0.912 bits per heavy atom. The molecule has 0 radical (unpaired) electrons. The molecule has 7 nitrogen and oxygen atoms in total. The van der Waals surface area contributed by atoms with Crippen LogP contribution in [-0.2, 0) is 17.9 Å². The summed E-state index contributed by atoms with van der Waals surface area (Å²) in [5, 5.41) is 2.97. The molecule has 34 heavy (non-hydrogen) atoms. The molecule has 3 aromatic carbocycles. The van der Waals surface area contributed by atoms with Gasteiger partial charge in [-0.05, 0) is 35.4 Å². The Morgan fingerprint density at radius 3 is 2.18 bits per heavy atom. The zero-order valence-electron chi connectivity index (χ0n) is 19.6. The second-order valence-corrected chi connectivity index (χ2v) is 7.93. The van der Waals surface area contributed by atoms with Crippen molar-refractivity contribution < 1.29 is 23.7 Å². The summed E-state index contributed by atoms with van der Waals surface area (Å²) in [7, 11) is 3.09. The van der Waals surface area contributed by atoms with E-state index in [1.807, 2.05) is 42.5 Å². The molecule has 1 amide bonds. The van der Waals surface area contributed by atoms with Gasteiger partial charge in [0.25, 0.3) is 5.91 Å². The molecule has 0 aromatic heterocycles. The summed E-state index contributed by atoms with van der Waals surface area (Å²) < 4.78 is 22.4. The van der Waals surface area contributed by atoms with E-state index in [1.165, 1.54) is 5.69 Å². The average Bonchev–Trinajstić information content (AvgIpc) is 2.91. The number of methoxy groups -OCH3 is 2. The van der Waals surface area contributed by atoms with Crippen LogP contribution in [0.3, 0.4) is 0 Å². The van der Waals surface area contributed by atoms with Gasteiger partial charge in [-0.1, -0.05) is 42.5 Å². The molecule has 0 spiro atoms. The number of nitrogens with one attached hydrogen (secondary N) is 1. The van der Waals surface area contributed by atoms with Crippen LogP contribution in [0.2, 0.25) is 0 Å². The number of carbonyl (C=O) groups excluding carboxylic acids is 1. The first kappa shape index (κ1) is 23.4. The Labute approximate surface area is 200 Å². The number of morpholine rings is 1. The van der Waals surface area contributed by atoms with E-state index in [1.54, 1.807) is 26.4 Å². The highest BCUT2D eigenvalue weighted by Crippen LogP contribution is 2.39. The first-order chi connectivity index (χ1) is 16.7. The minimum absolute atomic E-state index is 0.219. The number of hydrogen-bond donors (Lipinski definition) is 1. The first-order valence-corrected chi connectivity index (χ1v) is 11.3. The molecule has 7 heteroatoms. The Kier molecular flexibility index (Phi) is 7.88. The third kappa shape index (κ3) is 5.80. The van der Waals surface area contributed by atoms with Gasteiger partial charge >= 0.3 is 0 Å². The lowest BCUT2D eigenvalue weighted by Crippen LogP contribution is -2.36. The third-order valence-corrected chi connectivity index (χ3v) is 5.71. The van der Waals surface area contributed by atoms with Gasteiger partial charge in [0.1, 0.15) is 6.61 Å². The Hall–Kier alpha value is -3.71. The molecule has 1 aliphatic heterocycles. The first-order valence-electron chi connectivity index (χ1n) is 11.3. The fourth-order valence-electron chi connectivity index (χ4n) is 3.81. The second kappa shape index (κ2) is 11.4. The zero-order valence-corrected chi connectivity index (χ0v) is 19.6. The minimum atomic E-state index is -0.219. The van der Waals surface area contributed by atoms with Crippen molar-refractivity contribution >= 4 is 11.6 Å². The number of nitrogens with zero attached hydrogens (tertiary/aromatic N) is 1. The maximum atomic E-state index is 12.9. The monoisotopic (exact) mass is 462 g/mol. The van der Waals surface area contributed by atoms with E-state index in [9.17, 15) is 4.79 Å². The van der Waals surface area contributed by atoms with Crippen LogP contribution in [-0.4, -0.2) is 46.4 Å². The van der Waals surface area contributed by atoms with E-state index in [2.05, 4.69) is 22.3 Å². The number of hydrogen-bond acceptors (Lipinski definition) is 6. The van der Waals surface area contributed by atoms with Gasteiger partial charge in [-0.15, -0.1) is 0 Å². The number of amides is 1. The second-order valence-electron chi connectivity index (χ2n) is 7.93. The van der Waals surface area contributed by atoms with Gasteiger partial charge in [-0.25, -0.2) is 0 Å². The van der Waals surface area contributed by atoms with Crippen LogP contribution in [0.1, 0.15) is 21.5 Å². The maximum absolute atomic E-state index is 12.9. The molecule has 3 aromatic rings. The predicted molar refractivity (Wildman–Crippen MR) is 131 cm³/mol. The molecule has 178 valence electrons. The van der Waals surface area contributed by atoms with Crippen molar-refractivity contribution in [2.24, 2.45) is 0 Å². The highest BCUT2D eigenvalue weighted by Gasteiger charge is 2.18. The van der Waals surface area contributed by atoms with Crippen LogP contribution in [0.25, 0.3) is 0 Å². The molecule has 1 saturated heterocycles. The fourth-order valence-corrected chi connectivity index (χ4v) is 3.81. The summed E-state index contributed by atoms with van der Waals surface area (Å²) in [6.07, 6.45) is 0. The van der Waals surface area contributed by atoms with E-state index in [0.717, 1.165) is 37.4 Å². The molecule has 0 bridgehead atoms. The predicted octanol–water partition coefficient (Wildman–Crippen LogP) is 4.05. The molecular formula is C27H30N2O5. The lowest BCUT2D eigenvalue weighted by Gasteiger charge is -2.28. The molecule has 0 aliphatic carbocycles. The molecule has 1 heterocycles. The highest BCUT2D eigenvalue weighted by atomic mass is 16.5. The molecule has 4 rings (SSSR count). The smallest absolute Gasteiger partial charge is 0.251 e. The Morgan fingerprint density at radius 2 is 1.56 bits per heavy atom. The van der Waals surface area contributed by atoms with E-state index in [0.29, 0.717) is 36.0 Å². The number of benzene rings is 3. The lowest BCUT2D eigenvalue weighted by molar-refractivity contribution is 0.0950. The molecule has 0 atom stereocenters. The van der Waals surface area contributed by atoms with Crippen LogP contribution in [0, 0.1) is 0 Å². The fraction of sp³-hybridized carbons (Fsp3) is 0.296. The van der Waals surface area contributed by atoms with E-state index in [-0.39, 0.29) is 5.91 Å². The van der Waals surface area contributed by atoms with Gasteiger partial charge in [0.05, 0.1) is 27.4 Å². The van der Waals surface area contributed by atoms with Gasteiger partial charge in [0, 0.05) is 30.9 Å². The third-order valence-electron chi connectivity index (χ3n) is 5.71. The summed E-state index contributed by atoms with van der Waals surface area (Å²) in [6.45, 7) is 4.07. The molecular weight excluding hydrogens is 432 g/mol.